The Labute approximate surface area is 156 Å². The maximum absolute atomic E-state index is 4.73. The molecule has 1 saturated heterocycles. The summed E-state index contributed by atoms with van der Waals surface area (Å²) in [5.41, 5.74) is 2.19. The van der Waals surface area contributed by atoms with Crippen LogP contribution < -0.4 is 5.32 Å². The van der Waals surface area contributed by atoms with Gasteiger partial charge in [0.25, 0.3) is 0 Å². The van der Waals surface area contributed by atoms with Gasteiger partial charge >= 0.3 is 0 Å². The third-order valence-electron chi connectivity index (χ3n) is 4.51. The van der Waals surface area contributed by atoms with Crippen LogP contribution in [0.15, 0.2) is 18.3 Å². The first-order chi connectivity index (χ1) is 12.7. The molecule has 4 rings (SSSR count). The average molecular weight is 370 g/mol. The average Bonchev–Trinajstić information content (AvgIpc) is 3.27. The first-order valence-electron chi connectivity index (χ1n) is 8.82. The molecule has 3 aromatic heterocycles. The highest BCUT2D eigenvalue weighted by atomic mass is 32.1. The summed E-state index contributed by atoms with van der Waals surface area (Å²) in [5.74, 6) is 1.54. The first-order valence-corrected chi connectivity index (χ1v) is 9.64. The van der Waals surface area contributed by atoms with Crippen molar-refractivity contribution in [3.8, 4) is 0 Å². The van der Waals surface area contributed by atoms with E-state index < -0.39 is 0 Å². The molecule has 0 aliphatic carbocycles. The predicted octanol–water partition coefficient (Wildman–Crippen LogP) is 3.14. The zero-order valence-electron chi connectivity index (χ0n) is 14.9. The lowest BCUT2D eigenvalue weighted by molar-refractivity contribution is 0.135. The lowest BCUT2D eigenvalue weighted by Gasteiger charge is -2.35. The molecule has 0 aromatic carbocycles. The van der Waals surface area contributed by atoms with Gasteiger partial charge in [-0.25, -0.2) is 9.97 Å². The summed E-state index contributed by atoms with van der Waals surface area (Å²) in [7, 11) is 0. The van der Waals surface area contributed by atoms with Gasteiger partial charge in [0.15, 0.2) is 0 Å². The number of anilines is 2. The Morgan fingerprint density at radius 2 is 2.19 bits per heavy atom. The van der Waals surface area contributed by atoms with Crippen LogP contribution in [0.4, 0.5) is 10.9 Å². The second-order valence-electron chi connectivity index (χ2n) is 6.54. The molecule has 0 saturated carbocycles. The normalized spacial score (nSPS) is 18.2. The van der Waals surface area contributed by atoms with Crippen LogP contribution in [0.2, 0.25) is 0 Å². The van der Waals surface area contributed by atoms with E-state index in [1.807, 2.05) is 26.0 Å². The van der Waals surface area contributed by atoms with E-state index in [9.17, 15) is 0 Å². The van der Waals surface area contributed by atoms with Gasteiger partial charge in [-0.15, -0.1) is 10.2 Å². The molecule has 1 aliphatic rings. The minimum absolute atomic E-state index is 0.283. The van der Waals surface area contributed by atoms with Gasteiger partial charge in [-0.2, -0.15) is 5.10 Å². The molecular formula is C17H22N8S. The lowest BCUT2D eigenvalue weighted by atomic mass is 9.98. The van der Waals surface area contributed by atoms with E-state index in [2.05, 4.69) is 35.6 Å². The molecule has 0 amide bonds. The third kappa shape index (κ3) is 3.88. The Morgan fingerprint density at radius 3 is 2.96 bits per heavy atom. The SMILES string of the molecule is Cc1nc(Nc2nnc(C)s2)cc(C2CCCCN2Cc2ccn[nH]2)n1. The number of aromatic nitrogens is 6. The molecule has 0 bridgehead atoms. The van der Waals surface area contributed by atoms with Crippen molar-refractivity contribution in [2.45, 2.75) is 45.7 Å². The largest absolute Gasteiger partial charge is 0.315 e. The molecule has 1 aliphatic heterocycles. The Hall–Kier alpha value is -2.39. The molecule has 8 nitrogen and oxygen atoms in total. The molecule has 2 N–H and O–H groups in total. The number of piperidine rings is 1. The van der Waals surface area contributed by atoms with Crippen LogP contribution >= 0.6 is 11.3 Å². The molecule has 9 heteroatoms. The number of likely N-dealkylation sites (tertiary alicyclic amines) is 1. The number of hydrogen-bond acceptors (Lipinski definition) is 8. The second-order valence-corrected chi connectivity index (χ2v) is 7.72. The summed E-state index contributed by atoms with van der Waals surface area (Å²) >= 11 is 1.52. The standard InChI is InChI=1S/C17H22N8S/c1-11-19-14(9-16(20-11)21-17-24-22-12(2)26-17)15-5-3-4-8-25(15)10-13-6-7-18-23-13/h6-7,9,15H,3-5,8,10H2,1-2H3,(H,18,23)(H,19,20,21,24). The molecule has 0 radical (unpaired) electrons. The zero-order chi connectivity index (χ0) is 17.9. The summed E-state index contributed by atoms with van der Waals surface area (Å²) in [6.45, 7) is 5.79. The van der Waals surface area contributed by atoms with E-state index in [4.69, 9.17) is 4.98 Å². The van der Waals surface area contributed by atoms with Crippen LogP contribution in [0.5, 0.6) is 0 Å². The predicted molar refractivity (Wildman–Crippen MR) is 100 cm³/mol. The van der Waals surface area contributed by atoms with Crippen molar-refractivity contribution in [2.24, 2.45) is 0 Å². The Kier molecular flexibility index (Phi) is 4.89. The number of H-pyrrole nitrogens is 1. The van der Waals surface area contributed by atoms with E-state index in [1.54, 1.807) is 6.20 Å². The van der Waals surface area contributed by atoms with Crippen molar-refractivity contribution in [3.63, 3.8) is 0 Å². The van der Waals surface area contributed by atoms with Crippen LogP contribution in [0.1, 0.15) is 47.5 Å². The number of hydrogen-bond donors (Lipinski definition) is 2. The molecular weight excluding hydrogens is 348 g/mol. The van der Waals surface area contributed by atoms with Gasteiger partial charge < -0.3 is 5.32 Å². The number of aryl methyl sites for hydroxylation is 2. The fourth-order valence-electron chi connectivity index (χ4n) is 3.39. The molecule has 1 unspecified atom stereocenters. The van der Waals surface area contributed by atoms with Gasteiger partial charge in [0.1, 0.15) is 16.6 Å². The Bertz CT molecular complexity index is 860. The van der Waals surface area contributed by atoms with Crippen molar-refractivity contribution in [1.29, 1.82) is 0 Å². The first kappa shape index (κ1) is 17.0. The number of nitrogens with one attached hydrogen (secondary N) is 2. The van der Waals surface area contributed by atoms with E-state index in [-0.39, 0.29) is 6.04 Å². The van der Waals surface area contributed by atoms with Gasteiger partial charge in [-0.1, -0.05) is 17.8 Å². The molecule has 136 valence electrons. The molecule has 0 spiro atoms. The van der Waals surface area contributed by atoms with Gasteiger partial charge in [0.2, 0.25) is 5.13 Å². The Balaban J connectivity index is 1.58. The smallest absolute Gasteiger partial charge is 0.211 e. The van der Waals surface area contributed by atoms with Crippen molar-refractivity contribution in [2.75, 3.05) is 11.9 Å². The fraction of sp³-hybridized carbons (Fsp3) is 0.471. The summed E-state index contributed by atoms with van der Waals surface area (Å²) in [4.78, 5) is 11.7. The highest BCUT2D eigenvalue weighted by molar-refractivity contribution is 7.15. The highest BCUT2D eigenvalue weighted by Gasteiger charge is 2.26. The summed E-state index contributed by atoms with van der Waals surface area (Å²) in [6.07, 6.45) is 5.33. The van der Waals surface area contributed by atoms with E-state index in [1.165, 1.54) is 24.2 Å². The third-order valence-corrected chi connectivity index (χ3v) is 5.26. The van der Waals surface area contributed by atoms with Crippen molar-refractivity contribution in [3.05, 3.63) is 40.5 Å². The van der Waals surface area contributed by atoms with Gasteiger partial charge in [0, 0.05) is 24.5 Å². The zero-order valence-corrected chi connectivity index (χ0v) is 15.8. The van der Waals surface area contributed by atoms with Gasteiger partial charge in [0.05, 0.1) is 11.7 Å². The van der Waals surface area contributed by atoms with Crippen molar-refractivity contribution < 1.29 is 0 Å². The minimum atomic E-state index is 0.283. The monoisotopic (exact) mass is 370 g/mol. The van der Waals surface area contributed by atoms with E-state index in [0.717, 1.165) is 52.7 Å². The van der Waals surface area contributed by atoms with Crippen molar-refractivity contribution >= 4 is 22.3 Å². The van der Waals surface area contributed by atoms with Crippen LogP contribution in [-0.4, -0.2) is 41.8 Å². The van der Waals surface area contributed by atoms with Crippen LogP contribution in [0, 0.1) is 13.8 Å². The molecule has 26 heavy (non-hydrogen) atoms. The molecule has 4 heterocycles. The van der Waals surface area contributed by atoms with Crippen LogP contribution in [-0.2, 0) is 6.54 Å². The molecule has 1 fully saturated rings. The van der Waals surface area contributed by atoms with Crippen LogP contribution in [0.3, 0.4) is 0 Å². The number of aromatic amines is 1. The Morgan fingerprint density at radius 1 is 1.27 bits per heavy atom. The quantitative estimate of drug-likeness (QED) is 0.712. The number of nitrogens with zero attached hydrogens (tertiary/aromatic N) is 6. The van der Waals surface area contributed by atoms with Gasteiger partial charge in [-0.3, -0.25) is 10.00 Å². The van der Waals surface area contributed by atoms with Crippen molar-refractivity contribution in [1.82, 2.24) is 35.3 Å². The lowest BCUT2D eigenvalue weighted by Crippen LogP contribution is -2.33. The topological polar surface area (TPSA) is 95.5 Å². The highest BCUT2D eigenvalue weighted by Crippen LogP contribution is 2.32. The maximum atomic E-state index is 4.73. The fourth-order valence-corrected chi connectivity index (χ4v) is 3.99. The number of rotatable bonds is 5. The molecule has 1 atom stereocenters. The van der Waals surface area contributed by atoms with E-state index >= 15 is 0 Å². The summed E-state index contributed by atoms with van der Waals surface area (Å²) < 4.78 is 0. The summed E-state index contributed by atoms with van der Waals surface area (Å²) in [6, 6.07) is 4.35. The second kappa shape index (κ2) is 7.46. The maximum Gasteiger partial charge on any atom is 0.211 e. The minimum Gasteiger partial charge on any atom is -0.315 e. The van der Waals surface area contributed by atoms with Gasteiger partial charge in [-0.05, 0) is 39.3 Å². The summed E-state index contributed by atoms with van der Waals surface area (Å²) in [5, 5.41) is 20.2. The van der Waals surface area contributed by atoms with Crippen LogP contribution in [0.25, 0.3) is 0 Å². The van der Waals surface area contributed by atoms with E-state index in [0.29, 0.717) is 0 Å². The molecule has 3 aromatic rings.